The topological polar surface area (TPSA) is 49.6 Å². The molecule has 0 spiro atoms. The molecular formula is C12H15BrFN3O. The molecule has 98 valence electrons. The van der Waals surface area contributed by atoms with Crippen LogP contribution in [0.2, 0.25) is 0 Å². The molecule has 1 heterocycles. The van der Waals surface area contributed by atoms with Crippen LogP contribution in [0.4, 0.5) is 10.1 Å². The van der Waals surface area contributed by atoms with Crippen molar-refractivity contribution < 1.29 is 9.18 Å². The Balaban J connectivity index is 2.39. The van der Waals surface area contributed by atoms with Gasteiger partial charge in [0.2, 0.25) is 0 Å². The lowest BCUT2D eigenvalue weighted by atomic mass is 10.1. The zero-order valence-electron chi connectivity index (χ0n) is 10.1. The molecule has 18 heavy (non-hydrogen) atoms. The average molecular weight is 316 g/mol. The van der Waals surface area contributed by atoms with Gasteiger partial charge in [-0.05, 0) is 19.2 Å². The largest absolute Gasteiger partial charge is 0.368 e. The number of hydrogen-bond donors (Lipinski definition) is 1. The highest BCUT2D eigenvalue weighted by Gasteiger charge is 2.22. The summed E-state index contributed by atoms with van der Waals surface area (Å²) in [6.45, 7) is 3.28. The van der Waals surface area contributed by atoms with Crippen molar-refractivity contribution in [3.05, 3.63) is 28.0 Å². The standard InChI is InChI=1S/C12H15BrFN3O/c1-16-2-4-17(5-3-16)10-7-8(13)6-9(14)11(10)12(15)18/h6-7H,2-5H2,1H3,(H2,15,18). The number of hydrogen-bond acceptors (Lipinski definition) is 3. The third-order valence-electron chi connectivity index (χ3n) is 3.12. The van der Waals surface area contributed by atoms with Crippen molar-refractivity contribution in [1.82, 2.24) is 4.90 Å². The lowest BCUT2D eigenvalue weighted by Crippen LogP contribution is -2.45. The van der Waals surface area contributed by atoms with Gasteiger partial charge >= 0.3 is 0 Å². The first-order valence-electron chi connectivity index (χ1n) is 5.71. The molecule has 0 bridgehead atoms. The Morgan fingerprint density at radius 2 is 1.94 bits per heavy atom. The van der Waals surface area contributed by atoms with Gasteiger partial charge in [-0.2, -0.15) is 0 Å². The van der Waals surface area contributed by atoms with Gasteiger partial charge in [0.05, 0.1) is 11.3 Å². The monoisotopic (exact) mass is 315 g/mol. The Labute approximate surface area is 114 Å². The van der Waals surface area contributed by atoms with Crippen molar-refractivity contribution in [3.63, 3.8) is 0 Å². The number of likely N-dealkylation sites (N-methyl/N-ethyl adjacent to an activating group) is 1. The molecule has 4 nitrogen and oxygen atoms in total. The maximum absolute atomic E-state index is 13.8. The van der Waals surface area contributed by atoms with Gasteiger partial charge in [-0.15, -0.1) is 0 Å². The summed E-state index contributed by atoms with van der Waals surface area (Å²) in [5.41, 5.74) is 5.81. The molecule has 0 aliphatic carbocycles. The number of rotatable bonds is 2. The Morgan fingerprint density at radius 1 is 1.33 bits per heavy atom. The van der Waals surface area contributed by atoms with E-state index >= 15 is 0 Å². The predicted octanol–water partition coefficient (Wildman–Crippen LogP) is 1.44. The smallest absolute Gasteiger partial charge is 0.253 e. The lowest BCUT2D eigenvalue weighted by Gasteiger charge is -2.35. The fourth-order valence-electron chi connectivity index (χ4n) is 2.10. The number of carbonyl (C=O) groups excluding carboxylic acids is 1. The van der Waals surface area contributed by atoms with Crippen LogP contribution >= 0.6 is 15.9 Å². The Morgan fingerprint density at radius 3 is 2.50 bits per heavy atom. The van der Waals surface area contributed by atoms with E-state index in [1.807, 2.05) is 11.9 Å². The summed E-state index contributed by atoms with van der Waals surface area (Å²) in [5.74, 6) is -1.31. The van der Waals surface area contributed by atoms with Gasteiger partial charge in [0.1, 0.15) is 5.82 Å². The minimum absolute atomic E-state index is 0.0252. The molecule has 1 aromatic carbocycles. The van der Waals surface area contributed by atoms with Gasteiger partial charge < -0.3 is 15.5 Å². The normalized spacial score (nSPS) is 16.9. The van der Waals surface area contributed by atoms with Crippen LogP contribution in [0.3, 0.4) is 0 Å². The maximum Gasteiger partial charge on any atom is 0.253 e. The highest BCUT2D eigenvalue weighted by molar-refractivity contribution is 9.10. The SMILES string of the molecule is CN1CCN(c2cc(Br)cc(F)c2C(N)=O)CC1. The first kappa shape index (κ1) is 13.3. The van der Waals surface area contributed by atoms with E-state index in [0.717, 1.165) is 26.2 Å². The highest BCUT2D eigenvalue weighted by atomic mass is 79.9. The van der Waals surface area contributed by atoms with Crippen molar-refractivity contribution in [1.29, 1.82) is 0 Å². The van der Waals surface area contributed by atoms with Gasteiger partial charge in [0.25, 0.3) is 5.91 Å². The van der Waals surface area contributed by atoms with Gasteiger partial charge in [-0.1, -0.05) is 15.9 Å². The number of halogens is 2. The number of piperazine rings is 1. The van der Waals surface area contributed by atoms with Crippen LogP contribution in [0, 0.1) is 5.82 Å². The number of primary amides is 1. The van der Waals surface area contributed by atoms with Crippen LogP contribution in [0.1, 0.15) is 10.4 Å². The summed E-state index contributed by atoms with van der Waals surface area (Å²) in [6, 6.07) is 3.01. The molecule has 1 aliphatic heterocycles. The number of nitrogens with zero attached hydrogens (tertiary/aromatic N) is 2. The van der Waals surface area contributed by atoms with Crippen LogP contribution in [0.15, 0.2) is 16.6 Å². The van der Waals surface area contributed by atoms with Gasteiger partial charge in [-0.3, -0.25) is 4.79 Å². The van der Waals surface area contributed by atoms with E-state index in [1.165, 1.54) is 6.07 Å². The third kappa shape index (κ3) is 2.64. The molecule has 0 atom stereocenters. The van der Waals surface area contributed by atoms with E-state index in [-0.39, 0.29) is 5.56 Å². The number of amides is 1. The van der Waals surface area contributed by atoms with Gasteiger partial charge in [0.15, 0.2) is 0 Å². The fraction of sp³-hybridized carbons (Fsp3) is 0.417. The van der Waals surface area contributed by atoms with Gasteiger partial charge in [-0.25, -0.2) is 4.39 Å². The Hall–Kier alpha value is -1.14. The predicted molar refractivity (Wildman–Crippen MR) is 72.3 cm³/mol. The molecule has 1 aromatic rings. The van der Waals surface area contributed by atoms with Crippen molar-refractivity contribution in [2.75, 3.05) is 38.1 Å². The van der Waals surface area contributed by atoms with E-state index in [0.29, 0.717) is 10.2 Å². The van der Waals surface area contributed by atoms with Crippen LogP contribution in [0.5, 0.6) is 0 Å². The molecule has 1 amide bonds. The molecule has 0 aromatic heterocycles. The molecule has 1 saturated heterocycles. The van der Waals surface area contributed by atoms with Crippen molar-refractivity contribution in [3.8, 4) is 0 Å². The van der Waals surface area contributed by atoms with E-state index < -0.39 is 11.7 Å². The van der Waals surface area contributed by atoms with Crippen LogP contribution in [-0.4, -0.2) is 44.0 Å². The number of nitrogens with two attached hydrogens (primary N) is 1. The second-order valence-electron chi connectivity index (χ2n) is 4.44. The van der Waals surface area contributed by atoms with Crippen LogP contribution in [0.25, 0.3) is 0 Å². The zero-order valence-corrected chi connectivity index (χ0v) is 11.7. The summed E-state index contributed by atoms with van der Waals surface area (Å²) in [5, 5.41) is 0. The second-order valence-corrected chi connectivity index (χ2v) is 5.35. The zero-order chi connectivity index (χ0) is 13.3. The molecule has 2 rings (SSSR count). The number of anilines is 1. The van der Waals surface area contributed by atoms with Crippen molar-refractivity contribution in [2.45, 2.75) is 0 Å². The van der Waals surface area contributed by atoms with E-state index in [9.17, 15) is 9.18 Å². The molecule has 6 heteroatoms. The third-order valence-corrected chi connectivity index (χ3v) is 3.58. The minimum Gasteiger partial charge on any atom is -0.368 e. The molecule has 0 unspecified atom stereocenters. The number of carbonyl (C=O) groups is 1. The minimum atomic E-state index is -0.728. The lowest BCUT2D eigenvalue weighted by molar-refractivity contribution is 0.0997. The molecule has 1 aliphatic rings. The number of benzene rings is 1. The molecule has 2 N–H and O–H groups in total. The van der Waals surface area contributed by atoms with Gasteiger partial charge in [0, 0.05) is 30.7 Å². The molecule has 0 saturated carbocycles. The summed E-state index contributed by atoms with van der Waals surface area (Å²) >= 11 is 3.25. The first-order valence-corrected chi connectivity index (χ1v) is 6.50. The fourth-order valence-corrected chi connectivity index (χ4v) is 2.52. The Bertz CT molecular complexity index is 473. The average Bonchev–Trinajstić information content (AvgIpc) is 2.28. The maximum atomic E-state index is 13.8. The summed E-state index contributed by atoms with van der Waals surface area (Å²) in [6.07, 6.45) is 0. The highest BCUT2D eigenvalue weighted by Crippen LogP contribution is 2.28. The van der Waals surface area contributed by atoms with Crippen molar-refractivity contribution in [2.24, 2.45) is 5.73 Å². The molecular weight excluding hydrogens is 301 g/mol. The molecule has 0 radical (unpaired) electrons. The first-order chi connectivity index (χ1) is 8.49. The summed E-state index contributed by atoms with van der Waals surface area (Å²) in [7, 11) is 2.04. The summed E-state index contributed by atoms with van der Waals surface area (Å²) in [4.78, 5) is 15.6. The second kappa shape index (κ2) is 5.24. The summed E-state index contributed by atoms with van der Waals surface area (Å²) < 4.78 is 14.4. The van der Waals surface area contributed by atoms with Crippen LogP contribution in [-0.2, 0) is 0 Å². The van der Waals surface area contributed by atoms with Crippen molar-refractivity contribution >= 4 is 27.5 Å². The van der Waals surface area contributed by atoms with E-state index in [4.69, 9.17) is 5.73 Å². The van der Waals surface area contributed by atoms with Crippen LogP contribution < -0.4 is 10.6 Å². The van der Waals surface area contributed by atoms with E-state index in [1.54, 1.807) is 6.07 Å². The van der Waals surface area contributed by atoms with E-state index in [2.05, 4.69) is 20.8 Å². The Kier molecular flexibility index (Phi) is 3.87. The molecule has 1 fully saturated rings. The quantitative estimate of drug-likeness (QED) is 0.898.